The van der Waals surface area contributed by atoms with Gasteiger partial charge in [0.2, 0.25) is 0 Å². The first-order valence-corrected chi connectivity index (χ1v) is 8.76. The van der Waals surface area contributed by atoms with Gasteiger partial charge in [-0.05, 0) is 38.5 Å². The highest BCUT2D eigenvalue weighted by molar-refractivity contribution is 5.93. The molecule has 0 radical (unpaired) electrons. The summed E-state index contributed by atoms with van der Waals surface area (Å²) in [6.45, 7) is 4.34. The Hall–Kier alpha value is -0.660. The summed E-state index contributed by atoms with van der Waals surface area (Å²) in [4.78, 5) is 25.2. The molecular weight excluding hydrogens is 248 g/mol. The Morgan fingerprint density at radius 1 is 0.800 bits per heavy atom. The van der Waals surface area contributed by atoms with Crippen LogP contribution in [-0.4, -0.2) is 11.6 Å². The van der Waals surface area contributed by atoms with Gasteiger partial charge in [-0.25, -0.2) is 0 Å². The lowest BCUT2D eigenvalue weighted by molar-refractivity contribution is -0.134. The van der Waals surface area contributed by atoms with Crippen molar-refractivity contribution >= 4 is 11.6 Å². The molecule has 0 N–H and O–H groups in total. The Labute approximate surface area is 123 Å². The average molecular weight is 278 g/mol. The highest BCUT2D eigenvalue weighted by Gasteiger charge is 2.43. The number of Topliss-reactive ketones (excluding diaryl/α,β-unsaturated/α-hetero) is 2. The standard InChI is InChI=1S/C18H30O2/c1-3-5-7-15(17(19)13-9-10-13)16(8-6-4-2)18(20)14-11-12-14/h13-16H,3-12H2,1-2H3. The van der Waals surface area contributed by atoms with Crippen LogP contribution >= 0.6 is 0 Å². The van der Waals surface area contributed by atoms with Crippen LogP contribution in [0.2, 0.25) is 0 Å². The first-order chi connectivity index (χ1) is 9.69. The van der Waals surface area contributed by atoms with E-state index in [9.17, 15) is 9.59 Å². The molecule has 114 valence electrons. The number of ketones is 2. The monoisotopic (exact) mass is 278 g/mol. The van der Waals surface area contributed by atoms with Crippen LogP contribution in [0, 0.1) is 23.7 Å². The van der Waals surface area contributed by atoms with Crippen molar-refractivity contribution in [2.45, 2.75) is 78.1 Å². The molecule has 0 saturated heterocycles. The van der Waals surface area contributed by atoms with E-state index in [4.69, 9.17) is 0 Å². The van der Waals surface area contributed by atoms with Crippen molar-refractivity contribution in [3.05, 3.63) is 0 Å². The zero-order chi connectivity index (χ0) is 14.5. The van der Waals surface area contributed by atoms with E-state index in [2.05, 4.69) is 13.8 Å². The molecule has 2 aliphatic rings. The minimum Gasteiger partial charge on any atom is -0.299 e. The van der Waals surface area contributed by atoms with Crippen LogP contribution in [-0.2, 0) is 9.59 Å². The van der Waals surface area contributed by atoms with Gasteiger partial charge in [0.25, 0.3) is 0 Å². The third kappa shape index (κ3) is 4.17. The molecule has 2 saturated carbocycles. The third-order valence-corrected chi connectivity index (χ3v) is 4.91. The van der Waals surface area contributed by atoms with Crippen molar-refractivity contribution in [2.75, 3.05) is 0 Å². The van der Waals surface area contributed by atoms with Gasteiger partial charge in [0.05, 0.1) is 0 Å². The van der Waals surface area contributed by atoms with Crippen LogP contribution in [0.4, 0.5) is 0 Å². The number of rotatable bonds is 11. The molecule has 0 aromatic rings. The Morgan fingerprint density at radius 3 is 1.40 bits per heavy atom. The van der Waals surface area contributed by atoms with E-state index in [-0.39, 0.29) is 11.8 Å². The van der Waals surface area contributed by atoms with Gasteiger partial charge in [-0.15, -0.1) is 0 Å². The fourth-order valence-electron chi connectivity index (χ4n) is 3.27. The van der Waals surface area contributed by atoms with Crippen molar-refractivity contribution in [3.8, 4) is 0 Å². The Bertz CT molecular complexity index is 305. The molecule has 0 heterocycles. The molecule has 2 nitrogen and oxygen atoms in total. The SMILES string of the molecule is CCCCC(C(=O)C1CC1)C(CCCC)C(=O)C1CC1. The largest absolute Gasteiger partial charge is 0.299 e. The molecule has 2 aliphatic carbocycles. The van der Waals surface area contributed by atoms with Crippen LogP contribution in [0.25, 0.3) is 0 Å². The van der Waals surface area contributed by atoms with Gasteiger partial charge < -0.3 is 0 Å². The summed E-state index contributed by atoms with van der Waals surface area (Å²) >= 11 is 0. The molecule has 20 heavy (non-hydrogen) atoms. The van der Waals surface area contributed by atoms with Gasteiger partial charge in [0.1, 0.15) is 11.6 Å². The molecule has 2 atom stereocenters. The van der Waals surface area contributed by atoms with Crippen molar-refractivity contribution < 1.29 is 9.59 Å². The van der Waals surface area contributed by atoms with E-state index in [0.717, 1.165) is 64.2 Å². The molecule has 2 rings (SSSR count). The van der Waals surface area contributed by atoms with Crippen molar-refractivity contribution in [1.29, 1.82) is 0 Å². The molecule has 0 aromatic heterocycles. The van der Waals surface area contributed by atoms with E-state index in [1.165, 1.54) is 0 Å². The molecule has 0 amide bonds. The topological polar surface area (TPSA) is 34.1 Å². The van der Waals surface area contributed by atoms with Gasteiger partial charge >= 0.3 is 0 Å². The summed E-state index contributed by atoms with van der Waals surface area (Å²) in [7, 11) is 0. The van der Waals surface area contributed by atoms with Crippen LogP contribution in [0.5, 0.6) is 0 Å². The molecule has 0 aliphatic heterocycles. The maximum absolute atomic E-state index is 12.6. The lowest BCUT2D eigenvalue weighted by Crippen LogP contribution is -2.32. The first-order valence-electron chi connectivity index (χ1n) is 8.76. The van der Waals surface area contributed by atoms with E-state index < -0.39 is 0 Å². The Balaban J connectivity index is 2.05. The molecule has 2 unspecified atom stereocenters. The van der Waals surface area contributed by atoms with Crippen LogP contribution < -0.4 is 0 Å². The number of carbonyl (C=O) groups excluding carboxylic acids is 2. The number of carbonyl (C=O) groups is 2. The smallest absolute Gasteiger partial charge is 0.139 e. The van der Waals surface area contributed by atoms with Crippen molar-refractivity contribution in [3.63, 3.8) is 0 Å². The molecule has 0 aromatic carbocycles. The molecular formula is C18H30O2. The zero-order valence-corrected chi connectivity index (χ0v) is 13.2. The van der Waals surface area contributed by atoms with Gasteiger partial charge in [0.15, 0.2) is 0 Å². The second kappa shape index (κ2) is 7.38. The van der Waals surface area contributed by atoms with Gasteiger partial charge in [-0.1, -0.05) is 39.5 Å². The van der Waals surface area contributed by atoms with E-state index >= 15 is 0 Å². The highest BCUT2D eigenvalue weighted by Crippen LogP contribution is 2.41. The van der Waals surface area contributed by atoms with Crippen LogP contribution in [0.15, 0.2) is 0 Å². The zero-order valence-electron chi connectivity index (χ0n) is 13.2. The fourth-order valence-corrected chi connectivity index (χ4v) is 3.27. The first kappa shape index (κ1) is 15.7. The Morgan fingerprint density at radius 2 is 1.15 bits per heavy atom. The normalized spacial score (nSPS) is 21.5. The number of unbranched alkanes of at least 4 members (excludes halogenated alkanes) is 2. The second-order valence-electron chi connectivity index (χ2n) is 6.85. The van der Waals surface area contributed by atoms with Gasteiger partial charge in [-0.2, -0.15) is 0 Å². The third-order valence-electron chi connectivity index (χ3n) is 4.91. The number of hydrogen-bond acceptors (Lipinski definition) is 2. The summed E-state index contributed by atoms with van der Waals surface area (Å²) in [6, 6.07) is 0. The summed E-state index contributed by atoms with van der Waals surface area (Å²) < 4.78 is 0. The molecule has 0 spiro atoms. The maximum Gasteiger partial charge on any atom is 0.139 e. The lowest BCUT2D eigenvalue weighted by Gasteiger charge is -2.25. The summed E-state index contributed by atoms with van der Waals surface area (Å²) in [5, 5.41) is 0. The Kier molecular flexibility index (Phi) is 5.80. The van der Waals surface area contributed by atoms with E-state index in [1.807, 2.05) is 0 Å². The van der Waals surface area contributed by atoms with Gasteiger partial charge in [-0.3, -0.25) is 9.59 Å². The maximum atomic E-state index is 12.6. The van der Waals surface area contributed by atoms with Crippen LogP contribution in [0.3, 0.4) is 0 Å². The van der Waals surface area contributed by atoms with E-state index in [1.54, 1.807) is 0 Å². The highest BCUT2D eigenvalue weighted by atomic mass is 16.1. The molecule has 2 heteroatoms. The minimum absolute atomic E-state index is 0.0436. The summed E-state index contributed by atoms with van der Waals surface area (Å²) in [5.41, 5.74) is 0. The van der Waals surface area contributed by atoms with Crippen LogP contribution in [0.1, 0.15) is 78.1 Å². The predicted molar refractivity (Wildman–Crippen MR) is 81.5 cm³/mol. The second-order valence-corrected chi connectivity index (χ2v) is 6.85. The lowest BCUT2D eigenvalue weighted by atomic mass is 9.77. The molecule has 0 bridgehead atoms. The summed E-state index contributed by atoms with van der Waals surface area (Å²) in [6.07, 6.45) is 10.6. The van der Waals surface area contributed by atoms with Gasteiger partial charge in [0, 0.05) is 23.7 Å². The van der Waals surface area contributed by atoms with E-state index in [0.29, 0.717) is 23.4 Å². The van der Waals surface area contributed by atoms with Crippen molar-refractivity contribution in [2.24, 2.45) is 23.7 Å². The summed E-state index contributed by atoms with van der Waals surface area (Å²) in [5.74, 6) is 1.53. The quantitative estimate of drug-likeness (QED) is 0.555. The van der Waals surface area contributed by atoms with Crippen molar-refractivity contribution in [1.82, 2.24) is 0 Å². The number of hydrogen-bond donors (Lipinski definition) is 0. The predicted octanol–water partition coefficient (Wildman–Crippen LogP) is 4.56. The average Bonchev–Trinajstić information content (AvgIpc) is 3.32. The fraction of sp³-hybridized carbons (Fsp3) is 0.889. The molecule has 2 fully saturated rings. The minimum atomic E-state index is 0.0436.